The minimum Gasteiger partial charge on any atom is -0.354 e. The molecule has 0 saturated heterocycles. The minimum absolute atomic E-state index is 0.161. The number of ketones is 1. The maximum absolute atomic E-state index is 13.5. The van der Waals surface area contributed by atoms with Gasteiger partial charge in [-0.15, -0.1) is 0 Å². The molecular weight excluding hydrogens is 538 g/mol. The van der Waals surface area contributed by atoms with E-state index in [0.717, 1.165) is 58.0 Å². The van der Waals surface area contributed by atoms with E-state index in [9.17, 15) is 14.4 Å². The molecule has 43 heavy (non-hydrogen) atoms. The summed E-state index contributed by atoms with van der Waals surface area (Å²) in [6.07, 6.45) is 3.97. The topological polar surface area (TPSA) is 120 Å². The molecule has 0 spiro atoms. The zero-order valence-corrected chi connectivity index (χ0v) is 24.8. The molecule has 0 radical (unpaired) electrons. The van der Waals surface area contributed by atoms with Crippen LogP contribution in [0.4, 0.5) is 0 Å². The van der Waals surface area contributed by atoms with Gasteiger partial charge in [0.05, 0.1) is 17.0 Å². The van der Waals surface area contributed by atoms with E-state index in [-0.39, 0.29) is 17.6 Å². The molecule has 8 heteroatoms. The number of nitrogens with zero attached hydrogens (tertiary/aromatic N) is 1. The second kappa shape index (κ2) is 14.0. The van der Waals surface area contributed by atoms with Crippen LogP contribution in [-0.2, 0) is 20.8 Å². The van der Waals surface area contributed by atoms with Gasteiger partial charge in [0.1, 0.15) is 17.6 Å². The number of benzene rings is 3. The number of imidazole rings is 1. The first kappa shape index (κ1) is 29.8. The van der Waals surface area contributed by atoms with E-state index in [4.69, 9.17) is 0 Å². The quantitative estimate of drug-likeness (QED) is 0.118. The summed E-state index contributed by atoms with van der Waals surface area (Å²) in [4.78, 5) is 49.5. The van der Waals surface area contributed by atoms with Crippen LogP contribution in [0, 0.1) is 0 Å². The molecule has 0 aliphatic carbocycles. The van der Waals surface area contributed by atoms with Crippen molar-refractivity contribution in [3.63, 3.8) is 0 Å². The molecule has 0 bridgehead atoms. The third-order valence-electron chi connectivity index (χ3n) is 7.92. The Hall–Kier alpha value is -4.72. The maximum atomic E-state index is 13.5. The largest absolute Gasteiger partial charge is 0.354 e. The number of amides is 2. The van der Waals surface area contributed by atoms with Crippen molar-refractivity contribution in [3.8, 4) is 11.3 Å². The first-order valence-corrected chi connectivity index (χ1v) is 15.1. The van der Waals surface area contributed by atoms with Crippen LogP contribution in [0.2, 0.25) is 0 Å². The number of nitrogens with one attached hydrogen (secondary N) is 4. The maximum Gasteiger partial charge on any atom is 0.242 e. The van der Waals surface area contributed by atoms with E-state index in [2.05, 4.69) is 49.9 Å². The summed E-state index contributed by atoms with van der Waals surface area (Å²) in [5.41, 5.74) is 6.00. The number of aromatic amines is 2. The molecule has 5 aromatic rings. The number of hydrogen-bond donors (Lipinski definition) is 4. The van der Waals surface area contributed by atoms with E-state index < -0.39 is 12.0 Å². The molecule has 0 saturated carbocycles. The lowest BCUT2D eigenvalue weighted by Gasteiger charge is -2.20. The zero-order chi connectivity index (χ0) is 30.2. The molecule has 0 fully saturated rings. The van der Waals surface area contributed by atoms with Gasteiger partial charge in [-0.25, -0.2) is 4.98 Å². The number of unbranched alkanes of at least 4 members (excludes halogenated alkanes) is 2. The molecule has 0 aliphatic heterocycles. The van der Waals surface area contributed by atoms with E-state index >= 15 is 0 Å². The van der Waals surface area contributed by atoms with Crippen LogP contribution in [0.5, 0.6) is 0 Å². The summed E-state index contributed by atoms with van der Waals surface area (Å²) in [5.74, 6) is -0.301. The average molecular weight is 578 g/mol. The van der Waals surface area contributed by atoms with Gasteiger partial charge in [0, 0.05) is 29.6 Å². The average Bonchev–Trinajstić information content (AvgIpc) is 3.62. The van der Waals surface area contributed by atoms with Gasteiger partial charge >= 0.3 is 0 Å². The first-order valence-electron chi connectivity index (χ1n) is 15.1. The van der Waals surface area contributed by atoms with Gasteiger partial charge in [-0.05, 0) is 62.4 Å². The fraction of sp³-hybridized carbons (Fsp3) is 0.314. The molecule has 2 amide bonds. The number of H-pyrrole nitrogens is 2. The fourth-order valence-electron chi connectivity index (χ4n) is 5.51. The van der Waals surface area contributed by atoms with Crippen LogP contribution >= 0.6 is 0 Å². The van der Waals surface area contributed by atoms with Gasteiger partial charge < -0.3 is 25.4 Å². The molecule has 0 aliphatic rings. The summed E-state index contributed by atoms with van der Waals surface area (Å²) >= 11 is 0. The fourth-order valence-corrected chi connectivity index (χ4v) is 5.51. The molecule has 8 nitrogen and oxygen atoms in total. The number of hydrogen-bond acceptors (Lipinski definition) is 4. The normalized spacial score (nSPS) is 12.7. The lowest BCUT2D eigenvalue weighted by molar-refractivity contribution is -0.129. The van der Waals surface area contributed by atoms with Gasteiger partial charge in [0.2, 0.25) is 11.8 Å². The highest BCUT2D eigenvalue weighted by Crippen LogP contribution is 2.30. The first-order chi connectivity index (χ1) is 20.9. The number of para-hydroxylation sites is 3. The van der Waals surface area contributed by atoms with Gasteiger partial charge in [-0.2, -0.15) is 0 Å². The molecule has 2 aromatic heterocycles. The lowest BCUT2D eigenvalue weighted by Crippen LogP contribution is -2.48. The molecular formula is C35H39N5O3. The monoisotopic (exact) mass is 577 g/mol. The van der Waals surface area contributed by atoms with Crippen molar-refractivity contribution in [1.29, 1.82) is 0 Å². The molecule has 222 valence electrons. The highest BCUT2D eigenvalue weighted by molar-refractivity contribution is 5.92. The van der Waals surface area contributed by atoms with Crippen LogP contribution in [0.3, 0.4) is 0 Å². The smallest absolute Gasteiger partial charge is 0.242 e. The molecule has 2 heterocycles. The number of aromatic nitrogens is 3. The number of carbonyl (C=O) groups is 3. The van der Waals surface area contributed by atoms with Gasteiger partial charge in [-0.3, -0.25) is 9.59 Å². The van der Waals surface area contributed by atoms with Crippen LogP contribution in [0.1, 0.15) is 63.3 Å². The summed E-state index contributed by atoms with van der Waals surface area (Å²) in [6.45, 7) is 3.81. The third kappa shape index (κ3) is 7.38. The van der Waals surface area contributed by atoms with Crippen LogP contribution in [0.15, 0.2) is 78.9 Å². The molecule has 1 unspecified atom stereocenters. The Kier molecular flexibility index (Phi) is 9.66. The minimum atomic E-state index is -0.687. The van der Waals surface area contributed by atoms with Gasteiger partial charge in [0.15, 0.2) is 0 Å². The number of rotatable bonds is 14. The molecule has 2 atom stereocenters. The van der Waals surface area contributed by atoms with E-state index in [0.29, 0.717) is 31.6 Å². The molecule has 3 aromatic carbocycles. The van der Waals surface area contributed by atoms with Crippen LogP contribution < -0.4 is 10.6 Å². The summed E-state index contributed by atoms with van der Waals surface area (Å²) in [7, 11) is 0. The Morgan fingerprint density at radius 2 is 1.53 bits per heavy atom. The van der Waals surface area contributed by atoms with Gasteiger partial charge in [0.25, 0.3) is 0 Å². The second-order valence-corrected chi connectivity index (χ2v) is 11.2. The summed E-state index contributed by atoms with van der Waals surface area (Å²) in [5, 5.41) is 7.20. The van der Waals surface area contributed by atoms with Crippen molar-refractivity contribution in [2.24, 2.45) is 0 Å². The SMILES string of the molecule is CC(=O)CCCCCC(NC(=O)[C@@H](C)c1nc2ccccc2[nH]1)C(=O)NCCc1c(-c2ccccc2)[nH]c2ccccc12. The highest BCUT2D eigenvalue weighted by Gasteiger charge is 2.26. The third-order valence-corrected chi connectivity index (χ3v) is 7.92. The summed E-state index contributed by atoms with van der Waals surface area (Å²) in [6, 6.07) is 25.3. The van der Waals surface area contributed by atoms with Crippen LogP contribution in [-0.4, -0.2) is 45.1 Å². The van der Waals surface area contributed by atoms with Crippen molar-refractivity contribution < 1.29 is 14.4 Å². The Balaban J connectivity index is 1.26. The van der Waals surface area contributed by atoms with Crippen molar-refractivity contribution in [2.75, 3.05) is 6.54 Å². The van der Waals surface area contributed by atoms with Crippen molar-refractivity contribution >= 4 is 39.5 Å². The van der Waals surface area contributed by atoms with E-state index in [1.807, 2.05) is 54.6 Å². The Morgan fingerprint density at radius 1 is 0.814 bits per heavy atom. The predicted molar refractivity (Wildman–Crippen MR) is 171 cm³/mol. The zero-order valence-electron chi connectivity index (χ0n) is 24.8. The van der Waals surface area contributed by atoms with Crippen molar-refractivity contribution in [1.82, 2.24) is 25.6 Å². The standard InChI is InChI=1S/C35H39N5O3/c1-23(41)13-5-3-8-20-31(40-34(42)24(2)33-38-29-18-11-12-19-30(29)39-33)35(43)36-22-21-27-26-16-9-10-17-28(26)37-32(27)25-14-6-4-7-15-25/h4,6-7,9-12,14-19,24,31,37H,3,5,8,13,20-22H2,1-2H3,(H,36,43)(H,38,39)(H,40,42)/t24-,31?/m0/s1. The Bertz CT molecular complexity index is 1670. The Morgan fingerprint density at radius 3 is 2.30 bits per heavy atom. The molecule has 4 N–H and O–H groups in total. The van der Waals surface area contributed by atoms with Crippen molar-refractivity contribution in [3.05, 3.63) is 90.3 Å². The van der Waals surface area contributed by atoms with Crippen LogP contribution in [0.25, 0.3) is 33.2 Å². The number of carbonyl (C=O) groups excluding carboxylic acids is 3. The Labute approximate surface area is 251 Å². The molecule has 5 rings (SSSR count). The highest BCUT2D eigenvalue weighted by atomic mass is 16.2. The number of fused-ring (bicyclic) bond motifs is 2. The van der Waals surface area contributed by atoms with Gasteiger partial charge in [-0.1, -0.05) is 73.5 Å². The lowest BCUT2D eigenvalue weighted by atomic mass is 10.0. The predicted octanol–water partition coefficient (Wildman–Crippen LogP) is 6.20. The van der Waals surface area contributed by atoms with Crippen molar-refractivity contribution in [2.45, 2.75) is 64.3 Å². The summed E-state index contributed by atoms with van der Waals surface area (Å²) < 4.78 is 0. The van der Waals surface area contributed by atoms with E-state index in [1.54, 1.807) is 13.8 Å². The van der Waals surface area contributed by atoms with E-state index in [1.165, 1.54) is 0 Å². The second-order valence-electron chi connectivity index (χ2n) is 11.2. The number of Topliss-reactive ketones (excluding diaryl/α,β-unsaturated/α-hetero) is 1.